The first-order valence-corrected chi connectivity index (χ1v) is 7.42. The van der Waals surface area contributed by atoms with Crippen molar-refractivity contribution in [1.29, 1.82) is 0 Å². The van der Waals surface area contributed by atoms with Gasteiger partial charge in [0.05, 0.1) is 19.3 Å². The predicted molar refractivity (Wildman–Crippen MR) is 77.8 cm³/mol. The summed E-state index contributed by atoms with van der Waals surface area (Å²) in [5, 5.41) is 3.57. The van der Waals surface area contributed by atoms with Crippen molar-refractivity contribution in [2.45, 2.75) is 39.2 Å². The molecule has 106 valence electrons. The Hall–Kier alpha value is -1.06. The number of hydrogen-bond acceptors (Lipinski definition) is 3. The second kappa shape index (κ2) is 7.51. The van der Waals surface area contributed by atoms with Crippen molar-refractivity contribution in [3.63, 3.8) is 0 Å². The van der Waals surface area contributed by atoms with Gasteiger partial charge in [0.25, 0.3) is 0 Å². The smallest absolute Gasteiger partial charge is 0.127 e. The fourth-order valence-electron chi connectivity index (χ4n) is 2.44. The Kier molecular flexibility index (Phi) is 5.67. The molecule has 0 amide bonds. The average molecular weight is 263 g/mol. The molecule has 1 aromatic rings. The van der Waals surface area contributed by atoms with Crippen LogP contribution in [0.5, 0.6) is 5.75 Å². The lowest BCUT2D eigenvalue weighted by Crippen LogP contribution is -2.27. The lowest BCUT2D eigenvalue weighted by Gasteiger charge is -2.21. The minimum atomic E-state index is 0.236. The van der Waals surface area contributed by atoms with Crippen LogP contribution in [0.2, 0.25) is 0 Å². The first-order chi connectivity index (χ1) is 9.36. The maximum atomic E-state index is 5.80. The van der Waals surface area contributed by atoms with E-state index in [4.69, 9.17) is 9.47 Å². The molecule has 0 fully saturated rings. The third kappa shape index (κ3) is 3.71. The fourth-order valence-corrected chi connectivity index (χ4v) is 2.44. The zero-order valence-electron chi connectivity index (χ0n) is 12.1. The number of nitrogens with one attached hydrogen (secondary N) is 1. The van der Waals surface area contributed by atoms with E-state index < -0.39 is 0 Å². The van der Waals surface area contributed by atoms with Gasteiger partial charge >= 0.3 is 0 Å². The van der Waals surface area contributed by atoms with Crippen LogP contribution in [0.4, 0.5) is 0 Å². The van der Waals surface area contributed by atoms with Crippen LogP contribution in [0.3, 0.4) is 0 Å². The summed E-state index contributed by atoms with van der Waals surface area (Å²) < 4.78 is 11.5. The molecule has 0 spiro atoms. The van der Waals surface area contributed by atoms with Gasteiger partial charge in [0.15, 0.2) is 0 Å². The summed E-state index contributed by atoms with van der Waals surface area (Å²) in [6.07, 6.45) is 3.21. The monoisotopic (exact) mass is 263 g/mol. The van der Waals surface area contributed by atoms with E-state index in [1.807, 2.05) is 0 Å². The SMILES string of the molecule is CCCNC(COCCC)c1cccc2c1OCC2. The number of para-hydroxylation sites is 1. The lowest BCUT2D eigenvalue weighted by atomic mass is 10.0. The van der Waals surface area contributed by atoms with E-state index >= 15 is 0 Å². The Labute approximate surface area is 116 Å². The Balaban J connectivity index is 2.10. The molecule has 3 nitrogen and oxygen atoms in total. The zero-order chi connectivity index (χ0) is 13.5. The van der Waals surface area contributed by atoms with Crippen LogP contribution in [0, 0.1) is 0 Å². The Bertz CT molecular complexity index is 392. The van der Waals surface area contributed by atoms with Crippen LogP contribution in [-0.4, -0.2) is 26.4 Å². The number of benzene rings is 1. The van der Waals surface area contributed by atoms with Crippen molar-refractivity contribution in [1.82, 2.24) is 5.32 Å². The molecule has 1 unspecified atom stereocenters. The molecular formula is C16H25NO2. The first-order valence-electron chi connectivity index (χ1n) is 7.42. The molecule has 1 aliphatic heterocycles. The summed E-state index contributed by atoms with van der Waals surface area (Å²) in [6, 6.07) is 6.69. The van der Waals surface area contributed by atoms with Gasteiger partial charge in [-0.3, -0.25) is 0 Å². The van der Waals surface area contributed by atoms with Gasteiger partial charge in [0, 0.05) is 18.6 Å². The molecule has 0 radical (unpaired) electrons. The van der Waals surface area contributed by atoms with Gasteiger partial charge in [-0.25, -0.2) is 0 Å². The first kappa shape index (κ1) is 14.4. The molecule has 1 atom stereocenters. The zero-order valence-corrected chi connectivity index (χ0v) is 12.1. The highest BCUT2D eigenvalue weighted by Gasteiger charge is 2.21. The summed E-state index contributed by atoms with van der Waals surface area (Å²) in [4.78, 5) is 0. The minimum absolute atomic E-state index is 0.236. The second-order valence-corrected chi connectivity index (χ2v) is 5.02. The molecule has 0 saturated carbocycles. The molecule has 1 N–H and O–H groups in total. The van der Waals surface area contributed by atoms with E-state index in [0.717, 1.165) is 44.8 Å². The number of ether oxygens (including phenoxy) is 2. The number of rotatable bonds is 8. The molecule has 0 saturated heterocycles. The summed E-state index contributed by atoms with van der Waals surface area (Å²) in [5.74, 6) is 1.08. The Morgan fingerprint density at radius 3 is 3.00 bits per heavy atom. The van der Waals surface area contributed by atoms with Crippen LogP contribution in [0.1, 0.15) is 43.9 Å². The second-order valence-electron chi connectivity index (χ2n) is 5.02. The van der Waals surface area contributed by atoms with Crippen molar-refractivity contribution in [2.75, 3.05) is 26.4 Å². The average Bonchev–Trinajstić information content (AvgIpc) is 2.91. The molecular weight excluding hydrogens is 238 g/mol. The van der Waals surface area contributed by atoms with Gasteiger partial charge in [0.2, 0.25) is 0 Å². The fraction of sp³-hybridized carbons (Fsp3) is 0.625. The van der Waals surface area contributed by atoms with E-state index in [-0.39, 0.29) is 6.04 Å². The van der Waals surface area contributed by atoms with Crippen molar-refractivity contribution >= 4 is 0 Å². The van der Waals surface area contributed by atoms with Crippen LogP contribution in [-0.2, 0) is 11.2 Å². The molecule has 0 aliphatic carbocycles. The third-order valence-corrected chi connectivity index (χ3v) is 3.39. The maximum Gasteiger partial charge on any atom is 0.127 e. The van der Waals surface area contributed by atoms with Crippen LogP contribution < -0.4 is 10.1 Å². The molecule has 1 aliphatic rings. The number of fused-ring (bicyclic) bond motifs is 1. The van der Waals surface area contributed by atoms with E-state index in [0.29, 0.717) is 6.61 Å². The van der Waals surface area contributed by atoms with Gasteiger partial charge in [-0.05, 0) is 24.9 Å². The van der Waals surface area contributed by atoms with E-state index in [9.17, 15) is 0 Å². The van der Waals surface area contributed by atoms with Gasteiger partial charge in [0.1, 0.15) is 5.75 Å². The maximum absolute atomic E-state index is 5.80. The van der Waals surface area contributed by atoms with Crippen LogP contribution >= 0.6 is 0 Å². The van der Waals surface area contributed by atoms with E-state index in [1.165, 1.54) is 11.1 Å². The topological polar surface area (TPSA) is 30.5 Å². The molecule has 19 heavy (non-hydrogen) atoms. The van der Waals surface area contributed by atoms with Gasteiger partial charge in [-0.1, -0.05) is 32.0 Å². The summed E-state index contributed by atoms with van der Waals surface area (Å²) in [5.41, 5.74) is 2.58. The summed E-state index contributed by atoms with van der Waals surface area (Å²) in [6.45, 7) is 7.67. The highest BCUT2D eigenvalue weighted by atomic mass is 16.5. The molecule has 3 heteroatoms. The van der Waals surface area contributed by atoms with Crippen LogP contribution in [0.25, 0.3) is 0 Å². The summed E-state index contributed by atoms with van der Waals surface area (Å²) in [7, 11) is 0. The normalized spacial score (nSPS) is 15.1. The highest BCUT2D eigenvalue weighted by Crippen LogP contribution is 2.33. The number of hydrogen-bond donors (Lipinski definition) is 1. The van der Waals surface area contributed by atoms with Crippen molar-refractivity contribution in [2.24, 2.45) is 0 Å². The largest absolute Gasteiger partial charge is 0.493 e. The van der Waals surface area contributed by atoms with Crippen molar-refractivity contribution in [3.05, 3.63) is 29.3 Å². The van der Waals surface area contributed by atoms with E-state index in [2.05, 4.69) is 37.4 Å². The van der Waals surface area contributed by atoms with Crippen LogP contribution in [0.15, 0.2) is 18.2 Å². The third-order valence-electron chi connectivity index (χ3n) is 3.39. The highest BCUT2D eigenvalue weighted by molar-refractivity contribution is 5.45. The molecule has 0 aromatic heterocycles. The quantitative estimate of drug-likeness (QED) is 0.731. The Morgan fingerprint density at radius 1 is 1.32 bits per heavy atom. The molecule has 1 heterocycles. The molecule has 0 bridgehead atoms. The Morgan fingerprint density at radius 2 is 2.21 bits per heavy atom. The minimum Gasteiger partial charge on any atom is -0.493 e. The standard InChI is InChI=1S/C16H25NO2/c1-3-9-17-15(12-18-10-4-2)14-7-5-6-13-8-11-19-16(13)14/h5-7,15,17H,3-4,8-12H2,1-2H3. The van der Waals surface area contributed by atoms with E-state index in [1.54, 1.807) is 0 Å². The predicted octanol–water partition coefficient (Wildman–Crippen LogP) is 3.09. The van der Waals surface area contributed by atoms with Crippen molar-refractivity contribution in [3.8, 4) is 5.75 Å². The van der Waals surface area contributed by atoms with Gasteiger partial charge in [-0.15, -0.1) is 0 Å². The molecule has 2 rings (SSSR count). The van der Waals surface area contributed by atoms with Crippen molar-refractivity contribution < 1.29 is 9.47 Å². The lowest BCUT2D eigenvalue weighted by molar-refractivity contribution is 0.111. The summed E-state index contributed by atoms with van der Waals surface area (Å²) >= 11 is 0. The van der Waals surface area contributed by atoms with Gasteiger partial charge in [-0.2, -0.15) is 0 Å². The molecule has 1 aromatic carbocycles. The van der Waals surface area contributed by atoms with Gasteiger partial charge < -0.3 is 14.8 Å².